The lowest BCUT2D eigenvalue weighted by molar-refractivity contribution is -0.538. The van der Waals surface area contributed by atoms with E-state index in [-0.39, 0.29) is 0 Å². The summed E-state index contributed by atoms with van der Waals surface area (Å²) in [6, 6.07) is 15.9. The van der Waals surface area contributed by atoms with E-state index in [9.17, 15) is 5.11 Å². The Labute approximate surface area is 156 Å². The Kier molecular flexibility index (Phi) is 4.29. The van der Waals surface area contributed by atoms with Crippen LogP contribution < -0.4 is 9.64 Å². The lowest BCUT2D eigenvalue weighted by Crippen LogP contribution is -2.47. The van der Waals surface area contributed by atoms with Gasteiger partial charge in [0.1, 0.15) is 11.4 Å². The van der Waals surface area contributed by atoms with Crippen molar-refractivity contribution in [2.24, 2.45) is 0 Å². The molecule has 0 saturated carbocycles. The van der Waals surface area contributed by atoms with E-state index in [0.717, 1.165) is 40.9 Å². The molecule has 1 N–H and O–H groups in total. The highest BCUT2D eigenvalue weighted by molar-refractivity contribution is 9.10. The van der Waals surface area contributed by atoms with E-state index in [1.165, 1.54) is 12.3 Å². The van der Waals surface area contributed by atoms with Crippen LogP contribution >= 0.6 is 15.9 Å². The molecule has 0 aromatic heterocycles. The lowest BCUT2D eigenvalue weighted by Gasteiger charge is -2.29. The predicted molar refractivity (Wildman–Crippen MR) is 102 cm³/mol. The zero-order valence-corrected chi connectivity index (χ0v) is 15.9. The van der Waals surface area contributed by atoms with Crippen LogP contribution in [0.2, 0.25) is 0 Å². The largest absolute Gasteiger partial charge is 0.497 e. The number of anilines is 1. The van der Waals surface area contributed by atoms with Gasteiger partial charge in [0.25, 0.3) is 11.6 Å². The Morgan fingerprint density at radius 3 is 2.48 bits per heavy atom. The molecule has 0 radical (unpaired) electrons. The second kappa shape index (κ2) is 6.46. The second-order valence-electron chi connectivity index (χ2n) is 6.65. The molecular weight excluding hydrogens is 380 g/mol. The zero-order valence-electron chi connectivity index (χ0n) is 14.3. The van der Waals surface area contributed by atoms with Gasteiger partial charge in [0.2, 0.25) is 0 Å². The van der Waals surface area contributed by atoms with Gasteiger partial charge >= 0.3 is 0 Å². The van der Waals surface area contributed by atoms with Crippen molar-refractivity contribution >= 4 is 27.5 Å². The second-order valence-corrected chi connectivity index (χ2v) is 7.57. The van der Waals surface area contributed by atoms with E-state index >= 15 is 0 Å². The van der Waals surface area contributed by atoms with Crippen LogP contribution in [-0.4, -0.2) is 35.7 Å². The summed E-state index contributed by atoms with van der Waals surface area (Å²) in [6.07, 6.45) is 3.33. The maximum atomic E-state index is 11.7. The van der Waals surface area contributed by atoms with Gasteiger partial charge in [-0.1, -0.05) is 28.1 Å². The molecule has 1 atom stereocenters. The minimum atomic E-state index is -1.06. The van der Waals surface area contributed by atoms with Crippen LogP contribution in [0.15, 0.2) is 53.0 Å². The fourth-order valence-corrected chi connectivity index (χ4v) is 4.14. The quantitative estimate of drug-likeness (QED) is 0.796. The van der Waals surface area contributed by atoms with Crippen molar-refractivity contribution in [3.63, 3.8) is 0 Å². The minimum absolute atomic E-state index is 0.593. The smallest absolute Gasteiger partial charge is 0.275 e. The third kappa shape index (κ3) is 2.85. The number of ether oxygens (including phenoxy) is 1. The van der Waals surface area contributed by atoms with E-state index in [0.29, 0.717) is 6.54 Å². The summed E-state index contributed by atoms with van der Waals surface area (Å²) in [5.74, 6) is 2.03. The SMILES string of the molecule is COc1ccc(N2C3=[N+](CCCC3)C[C@]2(O)c2ccc(Br)cc2)cc1. The lowest BCUT2D eigenvalue weighted by atomic mass is 10.0. The highest BCUT2D eigenvalue weighted by atomic mass is 79.9. The van der Waals surface area contributed by atoms with Crippen LogP contribution in [0.1, 0.15) is 24.8 Å². The number of nitrogens with zero attached hydrogens (tertiary/aromatic N) is 2. The average molecular weight is 402 g/mol. The molecule has 0 saturated heterocycles. The van der Waals surface area contributed by atoms with Crippen LogP contribution in [0, 0.1) is 0 Å². The molecule has 130 valence electrons. The molecule has 5 heteroatoms. The summed E-state index contributed by atoms with van der Waals surface area (Å²) >= 11 is 3.48. The van der Waals surface area contributed by atoms with Crippen molar-refractivity contribution in [1.82, 2.24) is 0 Å². The normalized spacial score (nSPS) is 22.9. The maximum Gasteiger partial charge on any atom is 0.275 e. The average Bonchev–Trinajstić information content (AvgIpc) is 2.95. The molecule has 2 heterocycles. The van der Waals surface area contributed by atoms with Gasteiger partial charge in [-0.3, -0.25) is 4.58 Å². The van der Waals surface area contributed by atoms with Gasteiger partial charge in [-0.25, -0.2) is 0 Å². The summed E-state index contributed by atoms with van der Waals surface area (Å²) < 4.78 is 8.63. The first-order valence-electron chi connectivity index (χ1n) is 8.65. The van der Waals surface area contributed by atoms with Crippen molar-refractivity contribution in [3.8, 4) is 5.75 Å². The summed E-state index contributed by atoms with van der Waals surface area (Å²) in [7, 11) is 1.67. The van der Waals surface area contributed by atoms with Crippen LogP contribution in [-0.2, 0) is 5.72 Å². The molecule has 25 heavy (non-hydrogen) atoms. The van der Waals surface area contributed by atoms with Gasteiger partial charge in [0.05, 0.1) is 13.7 Å². The van der Waals surface area contributed by atoms with Crippen LogP contribution in [0.3, 0.4) is 0 Å². The van der Waals surface area contributed by atoms with Gasteiger partial charge in [-0.15, -0.1) is 0 Å². The molecule has 4 nitrogen and oxygen atoms in total. The molecule has 0 bridgehead atoms. The Morgan fingerprint density at radius 1 is 1.08 bits per heavy atom. The van der Waals surface area contributed by atoms with Gasteiger partial charge in [0, 0.05) is 16.5 Å². The number of amidine groups is 1. The van der Waals surface area contributed by atoms with Gasteiger partial charge < -0.3 is 9.84 Å². The highest BCUT2D eigenvalue weighted by Gasteiger charge is 2.54. The van der Waals surface area contributed by atoms with Gasteiger partial charge in [-0.05, 0) is 49.2 Å². The standard InChI is InChI=1S/C20H22BrN2O2/c1-25-18-11-9-17(10-12-18)23-19-4-2-3-13-22(19)14-20(23,24)15-5-7-16(21)8-6-15/h5-12,24H,2-4,13-14H2,1H3/q+1/t20-/m0/s1. The monoisotopic (exact) mass is 401 g/mol. The number of hydrogen-bond acceptors (Lipinski definition) is 3. The Bertz CT molecular complexity index is 801. The van der Waals surface area contributed by atoms with Crippen molar-refractivity contribution in [2.45, 2.75) is 25.0 Å². The summed E-state index contributed by atoms with van der Waals surface area (Å²) in [4.78, 5) is 2.11. The molecular formula is C20H22BrN2O2+. The fourth-order valence-electron chi connectivity index (χ4n) is 3.88. The molecule has 0 spiro atoms. The first-order valence-corrected chi connectivity index (χ1v) is 9.44. The molecule has 2 aliphatic heterocycles. The first-order chi connectivity index (χ1) is 12.1. The Hall–Kier alpha value is -1.85. The molecule has 0 fully saturated rings. The van der Waals surface area contributed by atoms with E-state index in [1.54, 1.807) is 7.11 Å². The van der Waals surface area contributed by atoms with Gasteiger partial charge in [-0.2, -0.15) is 4.90 Å². The van der Waals surface area contributed by atoms with E-state index in [1.807, 2.05) is 48.5 Å². The number of benzene rings is 2. The third-order valence-corrected chi connectivity index (χ3v) is 5.65. The number of halogens is 1. The molecule has 2 aromatic carbocycles. The Morgan fingerprint density at radius 2 is 1.80 bits per heavy atom. The van der Waals surface area contributed by atoms with E-state index < -0.39 is 5.72 Å². The molecule has 2 aliphatic rings. The van der Waals surface area contributed by atoms with Crippen molar-refractivity contribution < 1.29 is 14.4 Å². The summed E-state index contributed by atoms with van der Waals surface area (Å²) in [5, 5.41) is 11.7. The first kappa shape index (κ1) is 16.6. The van der Waals surface area contributed by atoms with Crippen molar-refractivity contribution in [1.29, 1.82) is 0 Å². The fraction of sp³-hybridized carbons (Fsp3) is 0.350. The van der Waals surface area contributed by atoms with Gasteiger partial charge in [0.15, 0.2) is 6.54 Å². The van der Waals surface area contributed by atoms with Crippen molar-refractivity contribution in [3.05, 3.63) is 58.6 Å². The van der Waals surface area contributed by atoms with E-state index in [2.05, 4.69) is 25.4 Å². The Balaban J connectivity index is 1.81. The van der Waals surface area contributed by atoms with Crippen LogP contribution in [0.5, 0.6) is 5.75 Å². The number of rotatable bonds is 3. The maximum absolute atomic E-state index is 11.7. The molecule has 0 unspecified atom stereocenters. The molecule has 0 amide bonds. The third-order valence-electron chi connectivity index (χ3n) is 5.12. The van der Waals surface area contributed by atoms with Crippen LogP contribution in [0.4, 0.5) is 5.69 Å². The topological polar surface area (TPSA) is 35.7 Å². The molecule has 0 aliphatic carbocycles. The summed E-state index contributed by atoms with van der Waals surface area (Å²) in [6.45, 7) is 1.59. The molecule has 2 aromatic rings. The summed E-state index contributed by atoms with van der Waals surface area (Å²) in [5.41, 5.74) is 0.841. The van der Waals surface area contributed by atoms with Crippen LogP contribution in [0.25, 0.3) is 0 Å². The van der Waals surface area contributed by atoms with Crippen molar-refractivity contribution in [2.75, 3.05) is 25.1 Å². The van der Waals surface area contributed by atoms with E-state index in [4.69, 9.17) is 4.74 Å². The predicted octanol–water partition coefficient (Wildman–Crippen LogP) is 3.72. The number of hydrogen-bond donors (Lipinski definition) is 1. The number of aliphatic hydroxyl groups is 1. The number of methoxy groups -OCH3 is 1. The minimum Gasteiger partial charge on any atom is -0.497 e. The molecule has 4 rings (SSSR count). The highest BCUT2D eigenvalue weighted by Crippen LogP contribution is 2.38. The zero-order chi connectivity index (χ0) is 17.4.